The molecular weight excluding hydrogens is 732 g/mol. The number of aromatic nitrogens is 2. The maximum absolute atomic E-state index is 13.6. The molecule has 0 radical (unpaired) electrons. The van der Waals surface area contributed by atoms with Crippen molar-refractivity contribution in [3.63, 3.8) is 0 Å². The first-order chi connectivity index (χ1) is 25.9. The quantitative estimate of drug-likeness (QED) is 0.0368. The number of benzene rings is 4. The molecule has 0 aliphatic carbocycles. The Hall–Kier alpha value is -6.73. The number of aryl methyl sites for hydroxylation is 3. The van der Waals surface area contributed by atoms with E-state index in [0.717, 1.165) is 24.3 Å². The van der Waals surface area contributed by atoms with E-state index in [9.17, 15) is 52.1 Å². The number of nitrogens with zero attached hydrogens (tertiary/aromatic N) is 4. The van der Waals surface area contributed by atoms with E-state index in [2.05, 4.69) is 10.3 Å². The number of rotatable bonds is 6. The average molecular weight is 764 g/mol. The molecule has 6 aromatic rings. The van der Waals surface area contributed by atoms with Crippen LogP contribution >= 0.6 is 0 Å². The van der Waals surface area contributed by atoms with Crippen LogP contribution in [0.1, 0.15) is 39.3 Å². The fourth-order valence-corrected chi connectivity index (χ4v) is 6.11. The van der Waals surface area contributed by atoms with Crippen molar-refractivity contribution in [2.75, 3.05) is 0 Å². The van der Waals surface area contributed by atoms with Gasteiger partial charge in [-0.15, -0.1) is 0 Å². The Balaban J connectivity index is 0.000000212. The van der Waals surface area contributed by atoms with Crippen molar-refractivity contribution in [3.8, 4) is 62.2 Å². The molecule has 2 heterocycles. The Morgan fingerprint density at radius 1 is 0.818 bits per heavy atom. The fraction of sp³-hybridized carbons (Fsp3) is 0.154. The number of aromatic hydroxyl groups is 2. The third-order valence-electron chi connectivity index (χ3n) is 8.64. The Morgan fingerprint density at radius 2 is 1.33 bits per heavy atom. The molecule has 0 saturated carbocycles. The van der Waals surface area contributed by atoms with Crippen LogP contribution in [0.25, 0.3) is 44.6 Å². The Morgan fingerprint density at radius 3 is 1.76 bits per heavy atom. The highest BCUT2D eigenvalue weighted by molar-refractivity contribution is 6.07. The van der Waals surface area contributed by atoms with Crippen LogP contribution in [0.15, 0.2) is 94.7 Å². The lowest BCUT2D eigenvalue weighted by molar-refractivity contribution is -0.138. The molecule has 4 aromatic carbocycles. The van der Waals surface area contributed by atoms with Crippen LogP contribution in [-0.4, -0.2) is 36.1 Å². The van der Waals surface area contributed by atoms with Crippen molar-refractivity contribution in [1.29, 1.82) is 5.26 Å². The van der Waals surface area contributed by atoms with E-state index in [4.69, 9.17) is 10.3 Å². The largest absolute Gasteiger partial charge is 0.508 e. The number of phenolic OH excluding ortho intramolecular Hbond substituents is 2. The van der Waals surface area contributed by atoms with Gasteiger partial charge in [0.25, 0.3) is 0 Å². The molecule has 0 saturated heterocycles. The number of aliphatic hydroxyl groups is 1. The van der Waals surface area contributed by atoms with Gasteiger partial charge in [-0.1, -0.05) is 34.6 Å². The van der Waals surface area contributed by atoms with Gasteiger partial charge < -0.3 is 35.4 Å². The minimum atomic E-state index is -4.69. The molecule has 0 spiro atoms. The molecule has 0 bridgehead atoms. The SMILES string of the molecule is Cc1noc(C)c1-c1c(CO)cc(C(F)(F)F)cc1-c1ccc(O)cc1.Cn1ccc(C#N)c1-c1c(C(N)=NO)cc(C(F)(F)F)cc1-c1ccc(O)cc1. The third kappa shape index (κ3) is 8.11. The molecule has 2 aromatic heterocycles. The summed E-state index contributed by atoms with van der Waals surface area (Å²) < 4.78 is 87.4. The standard InChI is InChI=1S/C20H15F3N4O2.C19H16F3NO3/c1-27-7-6-12(10-24)18(27)17-15(11-2-4-14(28)5-3-11)8-13(20(21,22)23)9-16(17)19(25)26-29;1-10-17(11(2)26-23-10)18-13(9-24)7-14(19(20,21)22)8-16(18)12-3-5-15(25)6-4-12/h2-9,28-29H,1H3,(H2,25,26);3-8,24-25H,9H2,1-2H3. The highest BCUT2D eigenvalue weighted by Crippen LogP contribution is 2.44. The Kier molecular flexibility index (Phi) is 11.0. The maximum atomic E-state index is 13.6. The zero-order valence-corrected chi connectivity index (χ0v) is 29.1. The highest BCUT2D eigenvalue weighted by Gasteiger charge is 2.35. The van der Waals surface area contributed by atoms with Crippen LogP contribution in [0, 0.1) is 25.2 Å². The predicted molar refractivity (Wildman–Crippen MR) is 190 cm³/mol. The van der Waals surface area contributed by atoms with Gasteiger partial charge in [-0.2, -0.15) is 31.6 Å². The number of oxime groups is 1. The van der Waals surface area contributed by atoms with Gasteiger partial charge in [-0.25, -0.2) is 0 Å². The fourth-order valence-electron chi connectivity index (χ4n) is 6.11. The molecule has 6 N–H and O–H groups in total. The first kappa shape index (κ1) is 39.5. The number of halogens is 6. The topological polar surface area (TPSA) is 174 Å². The van der Waals surface area contributed by atoms with Gasteiger partial charge in [-0.3, -0.25) is 0 Å². The van der Waals surface area contributed by atoms with Crippen LogP contribution in [0.3, 0.4) is 0 Å². The number of nitrogens with two attached hydrogens (primary N) is 1. The molecular formula is C39H31F6N5O5. The summed E-state index contributed by atoms with van der Waals surface area (Å²) in [6.07, 6.45) is -7.67. The van der Waals surface area contributed by atoms with Gasteiger partial charge in [0.05, 0.1) is 34.7 Å². The lowest BCUT2D eigenvalue weighted by Gasteiger charge is -2.19. The van der Waals surface area contributed by atoms with Gasteiger partial charge in [-0.05, 0) is 96.3 Å². The summed E-state index contributed by atoms with van der Waals surface area (Å²) in [6, 6.07) is 18.6. The van der Waals surface area contributed by atoms with E-state index in [1.165, 1.54) is 54.6 Å². The van der Waals surface area contributed by atoms with Crippen LogP contribution in [-0.2, 0) is 26.0 Å². The summed E-state index contributed by atoms with van der Waals surface area (Å²) in [7, 11) is 1.63. The number of hydrogen-bond acceptors (Lipinski definition) is 8. The van der Waals surface area contributed by atoms with E-state index < -0.39 is 35.9 Å². The summed E-state index contributed by atoms with van der Waals surface area (Å²) >= 11 is 0. The first-order valence-electron chi connectivity index (χ1n) is 16.1. The molecule has 0 amide bonds. The van der Waals surface area contributed by atoms with Gasteiger partial charge in [0.15, 0.2) is 5.84 Å². The molecule has 284 valence electrons. The van der Waals surface area contributed by atoms with Crippen LogP contribution in [0.4, 0.5) is 26.3 Å². The summed E-state index contributed by atoms with van der Waals surface area (Å²) in [5, 5.41) is 54.2. The van der Waals surface area contributed by atoms with Gasteiger partial charge in [0, 0.05) is 35.5 Å². The molecule has 55 heavy (non-hydrogen) atoms. The maximum Gasteiger partial charge on any atom is 0.416 e. The first-order valence-corrected chi connectivity index (χ1v) is 16.1. The van der Waals surface area contributed by atoms with Crippen molar-refractivity contribution in [3.05, 3.63) is 124 Å². The average Bonchev–Trinajstić information content (AvgIpc) is 3.69. The smallest absolute Gasteiger partial charge is 0.416 e. The van der Waals surface area contributed by atoms with Gasteiger partial charge >= 0.3 is 12.4 Å². The van der Waals surface area contributed by atoms with Crippen molar-refractivity contribution in [2.45, 2.75) is 32.8 Å². The van der Waals surface area contributed by atoms with Gasteiger partial charge in [0.2, 0.25) is 0 Å². The zero-order valence-electron chi connectivity index (χ0n) is 29.1. The number of amidine groups is 1. The van der Waals surface area contributed by atoms with Crippen LogP contribution in [0.2, 0.25) is 0 Å². The lowest BCUT2D eigenvalue weighted by Crippen LogP contribution is -2.18. The Labute approximate surface area is 309 Å². The zero-order chi connectivity index (χ0) is 40.4. The van der Waals surface area contributed by atoms with E-state index in [-0.39, 0.29) is 44.9 Å². The molecule has 16 heteroatoms. The van der Waals surface area contributed by atoms with Crippen molar-refractivity contribution < 1.29 is 51.4 Å². The number of nitriles is 1. The summed E-state index contributed by atoms with van der Waals surface area (Å²) in [5.74, 6) is -0.147. The molecule has 0 unspecified atom stereocenters. The van der Waals surface area contributed by atoms with Crippen molar-refractivity contribution in [2.24, 2.45) is 17.9 Å². The molecule has 0 aliphatic rings. The molecule has 0 atom stereocenters. The molecule has 0 fully saturated rings. The van der Waals surface area contributed by atoms with Crippen LogP contribution < -0.4 is 5.73 Å². The summed E-state index contributed by atoms with van der Waals surface area (Å²) in [4.78, 5) is 0. The number of phenols is 2. The molecule has 6 rings (SSSR count). The summed E-state index contributed by atoms with van der Waals surface area (Å²) in [6.45, 7) is 2.77. The minimum Gasteiger partial charge on any atom is -0.508 e. The molecule has 10 nitrogen and oxygen atoms in total. The monoisotopic (exact) mass is 763 g/mol. The molecule has 0 aliphatic heterocycles. The van der Waals surface area contributed by atoms with Crippen LogP contribution in [0.5, 0.6) is 11.5 Å². The van der Waals surface area contributed by atoms with E-state index in [1.807, 2.05) is 6.07 Å². The second-order valence-corrected chi connectivity index (χ2v) is 12.2. The van der Waals surface area contributed by atoms with Gasteiger partial charge in [0.1, 0.15) is 23.3 Å². The Bertz CT molecular complexity index is 2410. The second kappa shape index (κ2) is 15.3. The van der Waals surface area contributed by atoms with E-state index in [0.29, 0.717) is 39.4 Å². The second-order valence-electron chi connectivity index (χ2n) is 12.2. The van der Waals surface area contributed by atoms with Crippen molar-refractivity contribution in [1.82, 2.24) is 9.72 Å². The van der Waals surface area contributed by atoms with Crippen molar-refractivity contribution >= 4 is 5.84 Å². The highest BCUT2D eigenvalue weighted by atomic mass is 19.4. The minimum absolute atomic E-state index is 0.00185. The van der Waals surface area contributed by atoms with E-state index in [1.54, 1.807) is 31.7 Å². The third-order valence-corrected chi connectivity index (χ3v) is 8.64. The summed E-state index contributed by atoms with van der Waals surface area (Å²) in [5.41, 5.74) is 7.22. The lowest BCUT2D eigenvalue weighted by atomic mass is 9.88. The predicted octanol–water partition coefficient (Wildman–Crippen LogP) is 8.89. The number of hydrogen-bond donors (Lipinski definition) is 5. The number of aliphatic hydroxyl groups excluding tert-OH is 1. The number of alkyl halides is 6. The normalized spacial score (nSPS) is 11.9. The van der Waals surface area contributed by atoms with E-state index >= 15 is 0 Å².